The second-order valence-corrected chi connectivity index (χ2v) is 10.3. The lowest BCUT2D eigenvalue weighted by atomic mass is 10.0. The summed E-state index contributed by atoms with van der Waals surface area (Å²) >= 11 is 0. The summed E-state index contributed by atoms with van der Waals surface area (Å²) in [6.07, 6.45) is 7.16. The largest absolute Gasteiger partial charge is 0.384 e. The van der Waals surface area contributed by atoms with Crippen LogP contribution in [0.5, 0.6) is 0 Å². The van der Waals surface area contributed by atoms with E-state index in [1.54, 1.807) is 31.7 Å². The normalized spacial score (nSPS) is 11.5. The number of halogens is 1. The van der Waals surface area contributed by atoms with E-state index >= 15 is 0 Å². The van der Waals surface area contributed by atoms with Gasteiger partial charge in [0.1, 0.15) is 11.5 Å². The van der Waals surface area contributed by atoms with E-state index in [9.17, 15) is 9.18 Å². The smallest absolute Gasteiger partial charge is 0.224 e. The fourth-order valence-electron chi connectivity index (χ4n) is 4.82. The zero-order valence-electron chi connectivity index (χ0n) is 23.5. The number of H-pyrrole nitrogens is 2. The van der Waals surface area contributed by atoms with Gasteiger partial charge in [0, 0.05) is 54.1 Å². The van der Waals surface area contributed by atoms with Crippen LogP contribution in [0.25, 0.3) is 55.7 Å². The molecule has 4 aromatic heterocycles. The van der Waals surface area contributed by atoms with Crippen molar-refractivity contribution in [2.24, 2.45) is 0 Å². The van der Waals surface area contributed by atoms with Crippen LogP contribution in [0.2, 0.25) is 0 Å². The van der Waals surface area contributed by atoms with Gasteiger partial charge >= 0.3 is 0 Å². The van der Waals surface area contributed by atoms with Crippen LogP contribution in [0.3, 0.4) is 0 Å². The Balaban J connectivity index is 1.36. The summed E-state index contributed by atoms with van der Waals surface area (Å²) in [5.74, 6) is 0.145. The van der Waals surface area contributed by atoms with E-state index in [-0.39, 0.29) is 11.7 Å². The number of carbonyl (C=O) groups excluding carboxylic acids is 1. The first-order valence-electron chi connectivity index (χ1n) is 13.6. The monoisotopic (exact) mass is 563 g/mol. The fraction of sp³-hybridized carbons (Fsp3) is 0.194. The van der Waals surface area contributed by atoms with E-state index in [4.69, 9.17) is 4.98 Å². The number of anilines is 2. The number of benzene rings is 2. The van der Waals surface area contributed by atoms with Gasteiger partial charge in [-0.25, -0.2) is 9.37 Å². The van der Waals surface area contributed by atoms with E-state index in [1.165, 1.54) is 12.1 Å². The van der Waals surface area contributed by atoms with Crippen molar-refractivity contribution in [2.75, 3.05) is 37.8 Å². The summed E-state index contributed by atoms with van der Waals surface area (Å²) in [6.45, 7) is 3.31. The number of imidazole rings is 1. The molecule has 10 nitrogen and oxygen atoms in total. The molecule has 6 aromatic rings. The summed E-state index contributed by atoms with van der Waals surface area (Å²) in [7, 11) is 3.99. The highest BCUT2D eigenvalue weighted by Gasteiger charge is 2.17. The van der Waals surface area contributed by atoms with Crippen molar-refractivity contribution in [1.82, 2.24) is 35.0 Å². The summed E-state index contributed by atoms with van der Waals surface area (Å²) in [6, 6.07) is 12.7. The molecule has 0 aliphatic rings. The van der Waals surface area contributed by atoms with Crippen LogP contribution >= 0.6 is 0 Å². The maximum absolute atomic E-state index is 14.6. The van der Waals surface area contributed by atoms with Gasteiger partial charge in [-0.05, 0) is 61.6 Å². The van der Waals surface area contributed by atoms with Crippen LogP contribution in [0.4, 0.5) is 15.8 Å². The van der Waals surface area contributed by atoms with E-state index in [1.807, 2.05) is 44.4 Å². The third-order valence-corrected chi connectivity index (χ3v) is 6.95. The molecule has 2 aromatic carbocycles. The van der Waals surface area contributed by atoms with Gasteiger partial charge in [0.2, 0.25) is 5.91 Å². The molecular weight excluding hydrogens is 533 g/mol. The molecule has 42 heavy (non-hydrogen) atoms. The highest BCUT2D eigenvalue weighted by atomic mass is 19.1. The molecular formula is C31H30FN9O. The molecule has 1 amide bonds. The number of fused-ring (bicyclic) bond motifs is 2. The van der Waals surface area contributed by atoms with Crippen LogP contribution < -0.4 is 10.6 Å². The first kappa shape index (κ1) is 27.0. The van der Waals surface area contributed by atoms with Gasteiger partial charge in [0.15, 0.2) is 5.82 Å². The van der Waals surface area contributed by atoms with Gasteiger partial charge in [-0.1, -0.05) is 13.0 Å². The number of hydrogen-bond acceptors (Lipinski definition) is 7. The average molecular weight is 564 g/mol. The number of aromatic amines is 2. The minimum absolute atomic E-state index is 0.0738. The molecule has 4 heterocycles. The highest BCUT2D eigenvalue weighted by molar-refractivity contribution is 5.98. The Kier molecular flexibility index (Phi) is 7.32. The van der Waals surface area contributed by atoms with Crippen molar-refractivity contribution in [3.8, 4) is 33.8 Å². The quantitative estimate of drug-likeness (QED) is 0.178. The van der Waals surface area contributed by atoms with Gasteiger partial charge in [-0.15, -0.1) is 0 Å². The standard InChI is InChI=1S/C31H30FN9O/c1-4-28(42)36-23-11-20(14-33-15-23)18-5-6-26-24(12-18)30(40-39-26)31-37-27-17-34-16-25(29(27)38-31)19-9-21(32)13-22(10-19)35-7-8-41(2)3/h5-6,9-17,35H,4,7-8H2,1-3H3,(H,36,42)(H,37,38)(H,39,40). The minimum atomic E-state index is -0.341. The molecule has 0 atom stereocenters. The first-order valence-corrected chi connectivity index (χ1v) is 13.6. The third kappa shape index (κ3) is 5.54. The Labute approximate surface area is 241 Å². The molecule has 0 spiro atoms. The molecule has 0 fully saturated rings. The van der Waals surface area contributed by atoms with Crippen molar-refractivity contribution in [3.05, 3.63) is 73.1 Å². The Morgan fingerprint density at radius 2 is 1.76 bits per heavy atom. The summed E-state index contributed by atoms with van der Waals surface area (Å²) in [5.41, 5.74) is 7.35. The number of nitrogens with zero attached hydrogens (tertiary/aromatic N) is 5. The van der Waals surface area contributed by atoms with E-state index in [0.29, 0.717) is 58.0 Å². The molecule has 4 N–H and O–H groups in total. The lowest BCUT2D eigenvalue weighted by Gasteiger charge is -2.12. The van der Waals surface area contributed by atoms with Crippen LogP contribution in [0, 0.1) is 5.82 Å². The molecule has 0 aliphatic heterocycles. The molecule has 0 radical (unpaired) electrons. The predicted molar refractivity (Wildman–Crippen MR) is 164 cm³/mol. The molecule has 0 bridgehead atoms. The van der Waals surface area contributed by atoms with Gasteiger partial charge in [0.05, 0.1) is 34.6 Å². The topological polar surface area (TPSA) is 128 Å². The first-order chi connectivity index (χ1) is 20.4. The molecule has 11 heteroatoms. The van der Waals surface area contributed by atoms with Crippen molar-refractivity contribution in [2.45, 2.75) is 13.3 Å². The Morgan fingerprint density at radius 1 is 0.929 bits per heavy atom. The molecule has 0 aliphatic carbocycles. The zero-order valence-corrected chi connectivity index (χ0v) is 23.5. The summed E-state index contributed by atoms with van der Waals surface area (Å²) in [5, 5.41) is 14.6. The molecule has 0 unspecified atom stereocenters. The summed E-state index contributed by atoms with van der Waals surface area (Å²) in [4.78, 5) is 30.9. The fourth-order valence-corrected chi connectivity index (χ4v) is 4.82. The number of pyridine rings is 2. The Bertz CT molecular complexity index is 1910. The van der Waals surface area contributed by atoms with Crippen LogP contribution in [0.1, 0.15) is 13.3 Å². The van der Waals surface area contributed by atoms with E-state index < -0.39 is 0 Å². The number of likely N-dealkylation sites (N-methyl/N-ethyl adjacent to an activating group) is 1. The SMILES string of the molecule is CCC(=O)Nc1cncc(-c2ccc3[nH]nc(-c4nc5c(-c6cc(F)cc(NCCN(C)C)c6)cncc5[nH]4)c3c2)c1. The van der Waals surface area contributed by atoms with Crippen LogP contribution in [-0.2, 0) is 4.79 Å². The Morgan fingerprint density at radius 3 is 2.60 bits per heavy atom. The Hall–Kier alpha value is -5.16. The number of carbonyl (C=O) groups is 1. The zero-order chi connectivity index (χ0) is 29.2. The van der Waals surface area contributed by atoms with Crippen molar-refractivity contribution >= 4 is 39.2 Å². The number of aromatic nitrogens is 6. The van der Waals surface area contributed by atoms with Gasteiger partial charge < -0.3 is 20.5 Å². The van der Waals surface area contributed by atoms with E-state index in [2.05, 4.69) is 40.7 Å². The van der Waals surface area contributed by atoms with Crippen LogP contribution in [0.15, 0.2) is 67.3 Å². The number of nitrogens with one attached hydrogen (secondary N) is 4. The van der Waals surface area contributed by atoms with Gasteiger partial charge in [-0.3, -0.25) is 19.9 Å². The third-order valence-electron chi connectivity index (χ3n) is 6.95. The van der Waals surface area contributed by atoms with Gasteiger partial charge in [-0.2, -0.15) is 5.10 Å². The maximum Gasteiger partial charge on any atom is 0.224 e. The number of hydrogen-bond donors (Lipinski definition) is 4. The van der Waals surface area contributed by atoms with Crippen molar-refractivity contribution in [3.63, 3.8) is 0 Å². The van der Waals surface area contributed by atoms with Crippen LogP contribution in [-0.4, -0.2) is 68.1 Å². The van der Waals surface area contributed by atoms with E-state index in [0.717, 1.165) is 28.6 Å². The second-order valence-electron chi connectivity index (χ2n) is 10.3. The number of amides is 1. The lowest BCUT2D eigenvalue weighted by Crippen LogP contribution is -2.20. The molecule has 212 valence electrons. The highest BCUT2D eigenvalue weighted by Crippen LogP contribution is 2.34. The average Bonchev–Trinajstić information content (AvgIpc) is 3.60. The predicted octanol–water partition coefficient (Wildman–Crippen LogP) is 5.69. The minimum Gasteiger partial charge on any atom is -0.384 e. The molecule has 6 rings (SSSR count). The summed E-state index contributed by atoms with van der Waals surface area (Å²) < 4.78 is 14.6. The lowest BCUT2D eigenvalue weighted by molar-refractivity contribution is -0.115. The molecule has 0 saturated carbocycles. The second kappa shape index (κ2) is 11.4. The molecule has 0 saturated heterocycles. The maximum atomic E-state index is 14.6. The number of rotatable bonds is 9. The van der Waals surface area contributed by atoms with Gasteiger partial charge in [0.25, 0.3) is 0 Å². The van der Waals surface area contributed by atoms with Crippen molar-refractivity contribution in [1.29, 1.82) is 0 Å². The van der Waals surface area contributed by atoms with Crippen molar-refractivity contribution < 1.29 is 9.18 Å².